The van der Waals surface area contributed by atoms with E-state index < -0.39 is 10.8 Å². The summed E-state index contributed by atoms with van der Waals surface area (Å²) in [4.78, 5) is 0.810. The van der Waals surface area contributed by atoms with Gasteiger partial charge in [-0.2, -0.15) is 0 Å². The zero-order chi connectivity index (χ0) is 14.2. The maximum atomic E-state index is 12.9. The van der Waals surface area contributed by atoms with Gasteiger partial charge < -0.3 is 10.5 Å². The van der Waals surface area contributed by atoms with Crippen LogP contribution in [0.4, 0.5) is 5.69 Å². The quantitative estimate of drug-likeness (QED) is 0.852. The third kappa shape index (κ3) is 2.51. The third-order valence-electron chi connectivity index (χ3n) is 4.77. The summed E-state index contributed by atoms with van der Waals surface area (Å²) >= 11 is 0. The summed E-state index contributed by atoms with van der Waals surface area (Å²) in [6.07, 6.45) is 6.54. The van der Waals surface area contributed by atoms with Crippen molar-refractivity contribution in [3.63, 3.8) is 0 Å². The molecule has 20 heavy (non-hydrogen) atoms. The van der Waals surface area contributed by atoms with Gasteiger partial charge in [-0.15, -0.1) is 0 Å². The highest BCUT2D eigenvalue weighted by Gasteiger charge is 2.41. The minimum absolute atomic E-state index is 0.0111. The van der Waals surface area contributed by atoms with Gasteiger partial charge in [-0.05, 0) is 44.2 Å². The van der Waals surface area contributed by atoms with E-state index in [1.54, 1.807) is 0 Å². The molecule has 3 rings (SSSR count). The fourth-order valence-electron chi connectivity index (χ4n) is 3.54. The summed E-state index contributed by atoms with van der Waals surface area (Å²) in [5.74, 6) is 0. The van der Waals surface area contributed by atoms with Crippen LogP contribution >= 0.6 is 0 Å². The Morgan fingerprint density at radius 3 is 2.85 bits per heavy atom. The first-order valence-corrected chi connectivity index (χ1v) is 8.72. The molecule has 2 unspecified atom stereocenters. The summed E-state index contributed by atoms with van der Waals surface area (Å²) in [5.41, 5.74) is 7.83. The van der Waals surface area contributed by atoms with Crippen LogP contribution in [0.1, 0.15) is 44.1 Å². The van der Waals surface area contributed by atoms with E-state index in [4.69, 9.17) is 10.5 Å². The van der Waals surface area contributed by atoms with Crippen molar-refractivity contribution < 1.29 is 8.95 Å². The van der Waals surface area contributed by atoms with E-state index >= 15 is 0 Å². The number of hydrogen-bond donors (Lipinski definition) is 1. The minimum Gasteiger partial charge on any atom is -0.398 e. The molecule has 1 saturated carbocycles. The Morgan fingerprint density at radius 2 is 2.10 bits per heavy atom. The first kappa shape index (κ1) is 14.1. The minimum atomic E-state index is -1.02. The molecule has 1 aliphatic heterocycles. The van der Waals surface area contributed by atoms with Crippen LogP contribution in [0.15, 0.2) is 23.1 Å². The van der Waals surface area contributed by atoms with E-state index in [0.29, 0.717) is 5.69 Å². The fraction of sp³-hybridized carbons (Fsp3) is 0.625. The highest BCUT2D eigenvalue weighted by atomic mass is 32.2. The Morgan fingerprint density at radius 1 is 1.35 bits per heavy atom. The van der Waals surface area contributed by atoms with Crippen molar-refractivity contribution in [2.24, 2.45) is 0 Å². The van der Waals surface area contributed by atoms with Crippen molar-refractivity contribution in [2.75, 3.05) is 12.3 Å². The summed E-state index contributed by atoms with van der Waals surface area (Å²) in [7, 11) is -1.02. The number of para-hydroxylation sites is 1. The van der Waals surface area contributed by atoms with Gasteiger partial charge in [-0.25, -0.2) is 0 Å². The largest absolute Gasteiger partial charge is 0.398 e. The fourth-order valence-corrected chi connectivity index (χ4v) is 5.26. The number of benzene rings is 1. The number of nitrogens with two attached hydrogens (primary N) is 1. The van der Waals surface area contributed by atoms with Crippen molar-refractivity contribution in [3.8, 4) is 0 Å². The lowest BCUT2D eigenvalue weighted by molar-refractivity contribution is -0.0708. The van der Waals surface area contributed by atoms with Gasteiger partial charge in [0, 0.05) is 11.9 Å². The lowest BCUT2D eigenvalue weighted by Gasteiger charge is -2.38. The molecule has 3 nitrogen and oxygen atoms in total. The lowest BCUT2D eigenvalue weighted by Crippen LogP contribution is -2.41. The number of nitrogen functional groups attached to an aromatic ring is 1. The molecule has 1 heterocycles. The molecule has 1 spiro atoms. The molecule has 0 bridgehead atoms. The average molecular weight is 293 g/mol. The Bertz CT molecular complexity index is 523. The van der Waals surface area contributed by atoms with Crippen LogP contribution in [0, 0.1) is 6.92 Å². The number of anilines is 1. The summed E-state index contributed by atoms with van der Waals surface area (Å²) < 4.78 is 18.9. The van der Waals surface area contributed by atoms with Gasteiger partial charge >= 0.3 is 0 Å². The second-order valence-electron chi connectivity index (χ2n) is 6.14. The zero-order valence-electron chi connectivity index (χ0n) is 12.1. The van der Waals surface area contributed by atoms with Crippen molar-refractivity contribution in [3.05, 3.63) is 23.8 Å². The molecule has 0 radical (unpaired) electrons. The molecule has 4 heteroatoms. The predicted molar refractivity (Wildman–Crippen MR) is 82.2 cm³/mol. The molecule has 2 fully saturated rings. The highest BCUT2D eigenvalue weighted by Crippen LogP contribution is 2.42. The lowest BCUT2D eigenvalue weighted by atomic mass is 9.92. The molecule has 2 aliphatic rings. The van der Waals surface area contributed by atoms with E-state index in [1.807, 2.05) is 25.1 Å². The molecule has 2 N–H and O–H groups in total. The van der Waals surface area contributed by atoms with Crippen LogP contribution in [0.3, 0.4) is 0 Å². The number of aryl methyl sites for hydroxylation is 1. The highest BCUT2D eigenvalue weighted by molar-refractivity contribution is 7.85. The van der Waals surface area contributed by atoms with Crippen LogP contribution in [0.5, 0.6) is 0 Å². The van der Waals surface area contributed by atoms with E-state index in [-0.39, 0.29) is 10.9 Å². The molecule has 1 aliphatic carbocycles. The molecule has 1 aromatic carbocycles. The van der Waals surface area contributed by atoms with Gasteiger partial charge in [-0.1, -0.05) is 25.0 Å². The normalized spacial score (nSPS) is 26.8. The maximum absolute atomic E-state index is 12.9. The molecule has 1 saturated heterocycles. The van der Waals surface area contributed by atoms with Crippen LogP contribution in [0.2, 0.25) is 0 Å². The molecule has 0 aromatic heterocycles. The van der Waals surface area contributed by atoms with Crippen molar-refractivity contribution in [1.29, 1.82) is 0 Å². The van der Waals surface area contributed by atoms with Gasteiger partial charge in [-0.3, -0.25) is 4.21 Å². The van der Waals surface area contributed by atoms with Crippen LogP contribution in [0.25, 0.3) is 0 Å². The second-order valence-corrected chi connectivity index (χ2v) is 7.84. The van der Waals surface area contributed by atoms with Gasteiger partial charge in [0.15, 0.2) is 0 Å². The van der Waals surface area contributed by atoms with Crippen molar-refractivity contribution in [2.45, 2.75) is 61.2 Å². The topological polar surface area (TPSA) is 52.3 Å². The van der Waals surface area contributed by atoms with E-state index in [0.717, 1.165) is 42.7 Å². The Hall–Kier alpha value is -0.870. The Balaban J connectivity index is 1.81. The first-order chi connectivity index (χ1) is 9.61. The number of ether oxygens (including phenoxy) is 1. The summed E-state index contributed by atoms with van der Waals surface area (Å²) in [6, 6.07) is 5.83. The van der Waals surface area contributed by atoms with Gasteiger partial charge in [0.1, 0.15) is 0 Å². The smallest absolute Gasteiger partial charge is 0.0694 e. The molecular weight excluding hydrogens is 270 g/mol. The standard InChI is InChI=1S/C16H23NO2S/c1-12-5-4-6-14(15(12)17)20(18)13-7-10-19-16(11-13)8-2-3-9-16/h4-6,13H,2-3,7-11,17H2,1H3. The van der Waals surface area contributed by atoms with Gasteiger partial charge in [0.2, 0.25) is 0 Å². The predicted octanol–water partition coefficient (Wildman–Crippen LogP) is 3.18. The molecule has 110 valence electrons. The summed E-state index contributed by atoms with van der Waals surface area (Å²) in [6.45, 7) is 2.71. The number of hydrogen-bond acceptors (Lipinski definition) is 3. The molecule has 2 atom stereocenters. The maximum Gasteiger partial charge on any atom is 0.0694 e. The number of rotatable bonds is 2. The third-order valence-corrected chi connectivity index (χ3v) is 6.56. The monoisotopic (exact) mass is 293 g/mol. The first-order valence-electron chi connectivity index (χ1n) is 7.51. The van der Waals surface area contributed by atoms with E-state index in [1.165, 1.54) is 12.8 Å². The van der Waals surface area contributed by atoms with E-state index in [2.05, 4.69) is 0 Å². The van der Waals surface area contributed by atoms with Gasteiger partial charge in [0.25, 0.3) is 0 Å². The van der Waals surface area contributed by atoms with Crippen LogP contribution in [-0.2, 0) is 15.5 Å². The zero-order valence-corrected chi connectivity index (χ0v) is 12.9. The van der Waals surface area contributed by atoms with Gasteiger partial charge in [0.05, 0.1) is 27.0 Å². The van der Waals surface area contributed by atoms with Crippen molar-refractivity contribution in [1.82, 2.24) is 0 Å². The summed E-state index contributed by atoms with van der Waals surface area (Å²) in [5, 5.41) is 0.186. The van der Waals surface area contributed by atoms with Crippen molar-refractivity contribution >= 4 is 16.5 Å². The van der Waals surface area contributed by atoms with Crippen LogP contribution in [-0.4, -0.2) is 21.7 Å². The molecule has 1 aromatic rings. The average Bonchev–Trinajstić information content (AvgIpc) is 2.89. The molecular formula is C16H23NO2S. The van der Waals surface area contributed by atoms with E-state index in [9.17, 15) is 4.21 Å². The van der Waals surface area contributed by atoms with Crippen LogP contribution < -0.4 is 5.73 Å². The SMILES string of the molecule is Cc1cccc(S(=O)C2CCOC3(CCCC3)C2)c1N. The Labute approximate surface area is 123 Å². The Kier molecular flexibility index (Phi) is 3.87. The molecule has 0 amide bonds. The second kappa shape index (κ2) is 5.49.